The van der Waals surface area contributed by atoms with E-state index in [0.717, 1.165) is 11.1 Å². The van der Waals surface area contributed by atoms with E-state index in [-0.39, 0.29) is 5.91 Å². The molecule has 0 aliphatic heterocycles. The monoisotopic (exact) mass is 332 g/mol. The first-order valence-corrected chi connectivity index (χ1v) is 7.64. The molecule has 3 rings (SSSR count). The number of methoxy groups -OCH3 is 1. The number of H-pyrrole nitrogens is 1. The highest BCUT2D eigenvalue weighted by Crippen LogP contribution is 2.25. The van der Waals surface area contributed by atoms with Crippen LogP contribution in [0.2, 0.25) is 0 Å². The van der Waals surface area contributed by atoms with Gasteiger partial charge in [0.25, 0.3) is 5.91 Å². The number of ether oxygens (including phenoxy) is 1. The second-order valence-electron chi connectivity index (χ2n) is 5.38. The van der Waals surface area contributed by atoms with Gasteiger partial charge in [-0.1, -0.05) is 18.2 Å². The summed E-state index contributed by atoms with van der Waals surface area (Å²) in [5, 5.41) is 11.9. The van der Waals surface area contributed by atoms with E-state index in [1.807, 2.05) is 42.5 Å². The maximum atomic E-state index is 12.6. The van der Waals surface area contributed by atoms with Gasteiger partial charge >= 0.3 is 0 Å². The van der Waals surface area contributed by atoms with Crippen LogP contribution in [0, 0.1) is 11.3 Å². The summed E-state index contributed by atoms with van der Waals surface area (Å²) in [5.74, 6) is 0.394. The van der Waals surface area contributed by atoms with Crippen LogP contribution in [0.15, 0.2) is 61.1 Å². The first-order valence-electron chi connectivity index (χ1n) is 7.64. The number of aromatic amines is 1. The van der Waals surface area contributed by atoms with Gasteiger partial charge in [0.15, 0.2) is 0 Å². The molecule has 1 amide bonds. The van der Waals surface area contributed by atoms with Gasteiger partial charge < -0.3 is 15.0 Å². The van der Waals surface area contributed by atoms with Gasteiger partial charge in [0.05, 0.1) is 18.7 Å². The lowest BCUT2D eigenvalue weighted by molar-refractivity contribution is 0.0938. The van der Waals surface area contributed by atoms with Crippen LogP contribution in [0.4, 0.5) is 0 Å². The number of carbonyl (C=O) groups is 1. The largest absolute Gasteiger partial charge is 0.497 e. The highest BCUT2D eigenvalue weighted by molar-refractivity contribution is 5.93. The number of hydrogen-bond acceptors (Lipinski definition) is 4. The molecule has 2 aromatic heterocycles. The fourth-order valence-corrected chi connectivity index (χ4v) is 2.53. The Labute approximate surface area is 145 Å². The molecule has 6 heteroatoms. The van der Waals surface area contributed by atoms with Crippen LogP contribution in [0.1, 0.15) is 33.2 Å². The maximum absolute atomic E-state index is 12.6. The second-order valence-corrected chi connectivity index (χ2v) is 5.38. The van der Waals surface area contributed by atoms with Crippen LogP contribution < -0.4 is 10.1 Å². The van der Waals surface area contributed by atoms with Crippen LogP contribution in [0.3, 0.4) is 0 Å². The van der Waals surface area contributed by atoms with E-state index in [1.165, 1.54) is 12.3 Å². The summed E-state index contributed by atoms with van der Waals surface area (Å²) in [7, 11) is 1.60. The smallest absolute Gasteiger partial charge is 0.268 e. The Balaban J connectivity index is 1.94. The van der Waals surface area contributed by atoms with E-state index in [2.05, 4.69) is 15.3 Å². The van der Waals surface area contributed by atoms with Crippen molar-refractivity contribution in [2.75, 3.05) is 7.11 Å². The Kier molecular flexibility index (Phi) is 4.77. The van der Waals surface area contributed by atoms with Crippen LogP contribution in [0.5, 0.6) is 5.75 Å². The van der Waals surface area contributed by atoms with Gasteiger partial charge in [0.2, 0.25) is 0 Å². The molecule has 2 N–H and O–H groups in total. The van der Waals surface area contributed by atoms with Gasteiger partial charge in [-0.3, -0.25) is 9.78 Å². The third-order valence-corrected chi connectivity index (χ3v) is 3.78. The predicted octanol–water partition coefficient (Wildman–Crippen LogP) is 2.81. The third kappa shape index (κ3) is 3.67. The molecule has 2 heterocycles. The Morgan fingerprint density at radius 1 is 1.28 bits per heavy atom. The number of rotatable bonds is 5. The number of nitrogens with zero attached hydrogens (tertiary/aromatic N) is 2. The summed E-state index contributed by atoms with van der Waals surface area (Å²) in [5.41, 5.74) is 2.45. The number of benzene rings is 1. The molecule has 0 aliphatic carbocycles. The zero-order chi connectivity index (χ0) is 17.6. The van der Waals surface area contributed by atoms with Crippen molar-refractivity contribution in [1.82, 2.24) is 15.3 Å². The molecule has 1 atom stereocenters. The average molecular weight is 332 g/mol. The number of amides is 1. The van der Waals surface area contributed by atoms with Crippen molar-refractivity contribution < 1.29 is 9.53 Å². The highest BCUT2D eigenvalue weighted by Gasteiger charge is 2.19. The third-order valence-electron chi connectivity index (χ3n) is 3.78. The minimum absolute atomic E-state index is 0.307. The molecule has 0 saturated heterocycles. The highest BCUT2D eigenvalue weighted by atomic mass is 16.5. The minimum atomic E-state index is -0.398. The van der Waals surface area contributed by atoms with E-state index in [9.17, 15) is 4.79 Å². The second kappa shape index (κ2) is 7.32. The Bertz CT molecular complexity index is 912. The van der Waals surface area contributed by atoms with Crippen molar-refractivity contribution in [3.63, 3.8) is 0 Å². The lowest BCUT2D eigenvalue weighted by Crippen LogP contribution is -2.29. The van der Waals surface area contributed by atoms with Crippen molar-refractivity contribution in [3.8, 4) is 11.8 Å². The molecule has 0 bridgehead atoms. The molecule has 25 heavy (non-hydrogen) atoms. The van der Waals surface area contributed by atoms with Crippen LogP contribution in [0.25, 0.3) is 0 Å². The topological polar surface area (TPSA) is 90.8 Å². The first-order chi connectivity index (χ1) is 12.2. The average Bonchev–Trinajstić information content (AvgIpc) is 3.16. The molecule has 0 radical (unpaired) electrons. The van der Waals surface area contributed by atoms with Gasteiger partial charge in [0, 0.05) is 18.6 Å². The molecule has 0 aliphatic rings. The van der Waals surface area contributed by atoms with Crippen molar-refractivity contribution >= 4 is 5.91 Å². The number of nitrogens with one attached hydrogen (secondary N) is 2. The van der Waals surface area contributed by atoms with Gasteiger partial charge in [-0.05, 0) is 35.4 Å². The molecule has 6 nitrogen and oxygen atoms in total. The van der Waals surface area contributed by atoms with Gasteiger partial charge in [0.1, 0.15) is 17.5 Å². The lowest BCUT2D eigenvalue weighted by atomic mass is 9.99. The summed E-state index contributed by atoms with van der Waals surface area (Å²) < 4.78 is 5.28. The quantitative estimate of drug-likeness (QED) is 0.751. The summed E-state index contributed by atoms with van der Waals surface area (Å²) in [6.45, 7) is 0. The van der Waals surface area contributed by atoms with Crippen LogP contribution >= 0.6 is 0 Å². The van der Waals surface area contributed by atoms with Crippen molar-refractivity contribution in [1.29, 1.82) is 5.26 Å². The van der Waals surface area contributed by atoms with Gasteiger partial charge in [-0.2, -0.15) is 5.26 Å². The molecule has 0 unspecified atom stereocenters. The number of pyridine rings is 1. The van der Waals surface area contributed by atoms with E-state index < -0.39 is 6.04 Å². The maximum Gasteiger partial charge on any atom is 0.268 e. The lowest BCUT2D eigenvalue weighted by Gasteiger charge is -2.19. The number of nitriles is 1. The van der Waals surface area contributed by atoms with Crippen LogP contribution in [-0.4, -0.2) is 23.0 Å². The van der Waals surface area contributed by atoms with E-state index in [4.69, 9.17) is 10.00 Å². The fraction of sp³-hybridized carbons (Fsp3) is 0.105. The zero-order valence-corrected chi connectivity index (χ0v) is 13.6. The van der Waals surface area contributed by atoms with Gasteiger partial charge in [-0.15, -0.1) is 0 Å². The van der Waals surface area contributed by atoms with Gasteiger partial charge in [-0.25, -0.2) is 0 Å². The van der Waals surface area contributed by atoms with E-state index in [1.54, 1.807) is 19.5 Å². The van der Waals surface area contributed by atoms with Crippen LogP contribution in [-0.2, 0) is 0 Å². The zero-order valence-electron chi connectivity index (χ0n) is 13.6. The molecule has 1 aromatic carbocycles. The van der Waals surface area contributed by atoms with E-state index >= 15 is 0 Å². The van der Waals surface area contributed by atoms with Crippen molar-refractivity contribution in [2.24, 2.45) is 0 Å². The molecule has 124 valence electrons. The molecule has 0 spiro atoms. The summed E-state index contributed by atoms with van der Waals surface area (Å²) in [4.78, 5) is 19.5. The standard InChI is InChI=1S/C19H16N4O2/c1-25-16-6-2-4-14(9-16)18(15-5-3-7-21-12-15)23-19(24)17-8-13(10-20)11-22-17/h2-9,11-12,18,22H,1H3,(H,23,24)/t18-/m0/s1. The normalized spacial score (nSPS) is 11.4. The Morgan fingerprint density at radius 2 is 2.12 bits per heavy atom. The number of aromatic nitrogens is 2. The summed E-state index contributed by atoms with van der Waals surface area (Å²) in [6, 6.07) is 14.3. The minimum Gasteiger partial charge on any atom is -0.497 e. The van der Waals surface area contributed by atoms with E-state index in [0.29, 0.717) is 17.0 Å². The Morgan fingerprint density at radius 3 is 2.80 bits per heavy atom. The molecular formula is C19H16N4O2. The first kappa shape index (κ1) is 16.3. The number of carbonyl (C=O) groups excluding carboxylic acids is 1. The van der Waals surface area contributed by atoms with Crippen molar-refractivity contribution in [3.05, 3.63) is 83.4 Å². The van der Waals surface area contributed by atoms with Crippen molar-refractivity contribution in [2.45, 2.75) is 6.04 Å². The Hall–Kier alpha value is -3.59. The molecule has 0 saturated carbocycles. The summed E-state index contributed by atoms with van der Waals surface area (Å²) >= 11 is 0. The molecule has 0 fully saturated rings. The fourth-order valence-electron chi connectivity index (χ4n) is 2.53. The molecular weight excluding hydrogens is 316 g/mol. The summed E-state index contributed by atoms with van der Waals surface area (Å²) in [6.07, 6.45) is 4.89. The number of hydrogen-bond donors (Lipinski definition) is 2. The predicted molar refractivity (Wildman–Crippen MR) is 92.0 cm³/mol. The molecule has 3 aromatic rings. The SMILES string of the molecule is COc1cccc([C@H](NC(=O)c2cc(C#N)c[nH]2)c2cccnc2)c1.